The molecule has 3 aromatic rings. The van der Waals surface area contributed by atoms with Crippen molar-refractivity contribution in [3.05, 3.63) is 69.6 Å². The Morgan fingerprint density at radius 3 is 2.53 bits per heavy atom. The number of hydrogen-bond donors (Lipinski definition) is 1. The molecule has 1 aromatic heterocycles. The number of rotatable bonds is 7. The van der Waals surface area contributed by atoms with Crippen molar-refractivity contribution < 1.29 is 23.5 Å². The van der Waals surface area contributed by atoms with Gasteiger partial charge in [-0.3, -0.25) is 4.79 Å². The summed E-state index contributed by atoms with van der Waals surface area (Å²) in [6, 6.07) is 10.8. The smallest absolute Gasteiger partial charge is 0.344 e. The van der Waals surface area contributed by atoms with Gasteiger partial charge in [-0.25, -0.2) is 14.2 Å². The molecule has 0 saturated carbocycles. The molecule has 1 heterocycles. The van der Waals surface area contributed by atoms with Crippen molar-refractivity contribution in [2.45, 2.75) is 13.5 Å². The van der Waals surface area contributed by atoms with E-state index in [0.717, 1.165) is 5.69 Å². The number of fused-ring (bicyclic) bond motifs is 1. The molecule has 0 saturated heterocycles. The van der Waals surface area contributed by atoms with E-state index >= 15 is 0 Å². The summed E-state index contributed by atoms with van der Waals surface area (Å²) >= 11 is 12.4. The Morgan fingerprint density at radius 1 is 1.07 bits per heavy atom. The largest absolute Gasteiger partial charge is 0.478 e. The van der Waals surface area contributed by atoms with E-state index in [2.05, 4.69) is 10.3 Å². The monoisotopic (exact) mass is 450 g/mol. The molecule has 9 heteroatoms. The second kappa shape index (κ2) is 9.73. The highest BCUT2D eigenvalue weighted by atomic mass is 35.5. The third-order valence-electron chi connectivity index (χ3n) is 4.08. The van der Waals surface area contributed by atoms with Crippen LogP contribution in [0, 0.1) is 12.7 Å². The van der Waals surface area contributed by atoms with E-state index in [1.54, 1.807) is 31.2 Å². The number of carbonyl (C=O) groups excluding carboxylic acids is 2. The lowest BCUT2D eigenvalue weighted by Crippen LogP contribution is -2.29. The van der Waals surface area contributed by atoms with Gasteiger partial charge >= 0.3 is 5.97 Å². The quantitative estimate of drug-likeness (QED) is 0.545. The Morgan fingerprint density at radius 2 is 1.80 bits per heavy atom. The molecule has 30 heavy (non-hydrogen) atoms. The number of esters is 1. The average Bonchev–Trinajstić information content (AvgIpc) is 2.71. The van der Waals surface area contributed by atoms with Crippen molar-refractivity contribution in [1.29, 1.82) is 0 Å². The molecule has 0 aliphatic carbocycles. The van der Waals surface area contributed by atoms with Crippen LogP contribution < -0.4 is 10.1 Å². The Balaban J connectivity index is 1.53. The van der Waals surface area contributed by atoms with Gasteiger partial charge in [0.25, 0.3) is 5.91 Å². The molecule has 0 spiro atoms. The van der Waals surface area contributed by atoms with Crippen LogP contribution in [0.2, 0.25) is 10.0 Å². The third kappa shape index (κ3) is 5.58. The summed E-state index contributed by atoms with van der Waals surface area (Å²) < 4.78 is 23.3. The molecule has 2 aromatic carbocycles. The predicted molar refractivity (Wildman–Crippen MR) is 111 cm³/mol. The standard InChI is InChI=1S/C21H17Cl2FN2O4/c1-12-2-7-15-16(22)8-17(23)21(20(15)26-12)30-11-19(28)29-10-18(27)25-9-13-3-5-14(24)6-4-13/h2-8H,9-11H2,1H3,(H,25,27). The first-order chi connectivity index (χ1) is 14.3. The summed E-state index contributed by atoms with van der Waals surface area (Å²) in [4.78, 5) is 28.1. The molecule has 156 valence electrons. The number of benzene rings is 2. The molecule has 0 atom stereocenters. The van der Waals surface area contributed by atoms with Gasteiger partial charge in [-0.2, -0.15) is 0 Å². The fraction of sp³-hybridized carbons (Fsp3) is 0.190. The van der Waals surface area contributed by atoms with E-state index in [0.29, 0.717) is 21.5 Å². The zero-order valence-corrected chi connectivity index (χ0v) is 17.4. The maximum Gasteiger partial charge on any atom is 0.344 e. The lowest BCUT2D eigenvalue weighted by molar-refractivity contribution is -0.150. The molecule has 1 amide bonds. The molecule has 0 fully saturated rings. The van der Waals surface area contributed by atoms with Gasteiger partial charge in [0.05, 0.1) is 10.0 Å². The third-order valence-corrected chi connectivity index (χ3v) is 4.67. The highest BCUT2D eigenvalue weighted by molar-refractivity contribution is 6.39. The van der Waals surface area contributed by atoms with Crippen LogP contribution in [0.4, 0.5) is 4.39 Å². The molecule has 0 aliphatic rings. The van der Waals surface area contributed by atoms with Crippen molar-refractivity contribution in [3.63, 3.8) is 0 Å². The predicted octanol–water partition coefficient (Wildman–Crippen LogP) is 4.23. The molecule has 1 N–H and O–H groups in total. The van der Waals surface area contributed by atoms with Crippen molar-refractivity contribution in [3.8, 4) is 5.75 Å². The van der Waals surface area contributed by atoms with Crippen LogP contribution in [0.5, 0.6) is 5.75 Å². The lowest BCUT2D eigenvalue weighted by atomic mass is 10.2. The lowest BCUT2D eigenvalue weighted by Gasteiger charge is -2.12. The maximum atomic E-state index is 12.9. The van der Waals surface area contributed by atoms with Gasteiger partial charge in [-0.1, -0.05) is 35.3 Å². The number of amides is 1. The normalized spacial score (nSPS) is 10.7. The van der Waals surface area contributed by atoms with E-state index in [4.69, 9.17) is 32.7 Å². The number of ether oxygens (including phenoxy) is 2. The van der Waals surface area contributed by atoms with E-state index in [9.17, 15) is 14.0 Å². The molecule has 3 rings (SSSR count). The van der Waals surface area contributed by atoms with Crippen LogP contribution in [0.1, 0.15) is 11.3 Å². The minimum absolute atomic E-state index is 0.185. The van der Waals surface area contributed by atoms with Crippen molar-refractivity contribution in [1.82, 2.24) is 10.3 Å². The van der Waals surface area contributed by atoms with Gasteiger partial charge in [0.15, 0.2) is 19.0 Å². The number of aryl methyl sites for hydroxylation is 1. The van der Waals surface area contributed by atoms with Gasteiger partial charge in [0.2, 0.25) is 0 Å². The molecular weight excluding hydrogens is 434 g/mol. The topological polar surface area (TPSA) is 77.5 Å². The summed E-state index contributed by atoms with van der Waals surface area (Å²) in [6.07, 6.45) is 0. The fourth-order valence-corrected chi connectivity index (χ4v) is 3.17. The number of carbonyl (C=O) groups is 2. The summed E-state index contributed by atoms with van der Waals surface area (Å²) in [5, 5.41) is 3.82. The average molecular weight is 451 g/mol. The van der Waals surface area contributed by atoms with Crippen molar-refractivity contribution >= 4 is 46.0 Å². The highest BCUT2D eigenvalue weighted by Crippen LogP contribution is 2.37. The van der Waals surface area contributed by atoms with E-state index < -0.39 is 25.1 Å². The van der Waals surface area contributed by atoms with Crippen LogP contribution in [0.25, 0.3) is 10.9 Å². The van der Waals surface area contributed by atoms with Crippen LogP contribution in [-0.2, 0) is 20.9 Å². The highest BCUT2D eigenvalue weighted by Gasteiger charge is 2.16. The molecule has 0 aliphatic heterocycles. The van der Waals surface area contributed by atoms with Crippen LogP contribution in [-0.4, -0.2) is 30.1 Å². The van der Waals surface area contributed by atoms with Gasteiger partial charge in [-0.05, 0) is 42.8 Å². The number of aromatic nitrogens is 1. The number of nitrogens with one attached hydrogen (secondary N) is 1. The van der Waals surface area contributed by atoms with Gasteiger partial charge in [0.1, 0.15) is 11.3 Å². The first kappa shape index (κ1) is 21.8. The Bertz CT molecular complexity index is 1090. The molecular formula is C21H17Cl2FN2O4. The van der Waals surface area contributed by atoms with E-state index in [1.165, 1.54) is 18.2 Å². The van der Waals surface area contributed by atoms with Crippen LogP contribution in [0.15, 0.2) is 42.5 Å². The maximum absolute atomic E-state index is 12.9. The second-order valence-electron chi connectivity index (χ2n) is 6.37. The second-order valence-corrected chi connectivity index (χ2v) is 7.19. The number of hydrogen-bond acceptors (Lipinski definition) is 5. The summed E-state index contributed by atoms with van der Waals surface area (Å²) in [6.45, 7) is 1.05. The SMILES string of the molecule is Cc1ccc2c(Cl)cc(Cl)c(OCC(=O)OCC(=O)NCc3ccc(F)cc3)c2n1. The zero-order valence-electron chi connectivity index (χ0n) is 15.9. The zero-order chi connectivity index (χ0) is 21.7. The first-order valence-corrected chi connectivity index (χ1v) is 9.64. The molecule has 6 nitrogen and oxygen atoms in total. The Kier molecular flexibility index (Phi) is 7.07. The van der Waals surface area contributed by atoms with Crippen molar-refractivity contribution in [2.24, 2.45) is 0 Å². The number of nitrogens with zero attached hydrogens (tertiary/aromatic N) is 1. The van der Waals surface area contributed by atoms with E-state index in [-0.39, 0.29) is 23.1 Å². The Labute approximate surface area is 181 Å². The minimum Gasteiger partial charge on any atom is -0.478 e. The van der Waals surface area contributed by atoms with Gasteiger partial charge < -0.3 is 14.8 Å². The number of halogens is 3. The molecule has 0 radical (unpaired) electrons. The summed E-state index contributed by atoms with van der Waals surface area (Å²) in [5.41, 5.74) is 1.87. The van der Waals surface area contributed by atoms with Crippen LogP contribution >= 0.6 is 23.2 Å². The van der Waals surface area contributed by atoms with Crippen molar-refractivity contribution in [2.75, 3.05) is 13.2 Å². The Hall–Kier alpha value is -2.90. The molecule has 0 unspecified atom stereocenters. The first-order valence-electron chi connectivity index (χ1n) is 8.88. The minimum atomic E-state index is -0.751. The van der Waals surface area contributed by atoms with Crippen LogP contribution in [0.3, 0.4) is 0 Å². The van der Waals surface area contributed by atoms with Gasteiger partial charge in [-0.15, -0.1) is 0 Å². The fourth-order valence-electron chi connectivity index (χ4n) is 2.60. The van der Waals surface area contributed by atoms with E-state index in [1.807, 2.05) is 0 Å². The summed E-state index contributed by atoms with van der Waals surface area (Å²) in [5.74, 6) is -1.41. The van der Waals surface area contributed by atoms with Gasteiger partial charge in [0, 0.05) is 17.6 Å². The number of pyridine rings is 1. The molecule has 0 bridgehead atoms. The summed E-state index contributed by atoms with van der Waals surface area (Å²) in [7, 11) is 0.